The minimum absolute atomic E-state index is 0.0103. The SMILES string of the molecule is CC(C(=O)NC1CCCCC1)S(=O)(=O)c1ccc(F)c(F)c1. The molecule has 22 heavy (non-hydrogen) atoms. The minimum Gasteiger partial charge on any atom is -0.352 e. The van der Waals surface area contributed by atoms with E-state index < -0.39 is 37.5 Å². The Bertz CT molecular complexity index is 655. The van der Waals surface area contributed by atoms with Gasteiger partial charge >= 0.3 is 0 Å². The van der Waals surface area contributed by atoms with Crippen molar-refractivity contribution in [3.05, 3.63) is 29.8 Å². The lowest BCUT2D eigenvalue weighted by Gasteiger charge is -2.24. The Labute approximate surface area is 128 Å². The van der Waals surface area contributed by atoms with Gasteiger partial charge in [-0.15, -0.1) is 0 Å². The Hall–Kier alpha value is -1.50. The summed E-state index contributed by atoms with van der Waals surface area (Å²) in [6, 6.07) is 2.31. The molecule has 0 radical (unpaired) electrons. The van der Waals surface area contributed by atoms with Crippen LogP contribution < -0.4 is 5.32 Å². The summed E-state index contributed by atoms with van der Waals surface area (Å²) in [5, 5.41) is 1.39. The highest BCUT2D eigenvalue weighted by atomic mass is 32.2. The van der Waals surface area contributed by atoms with Crippen LogP contribution in [0.2, 0.25) is 0 Å². The molecule has 1 fully saturated rings. The lowest BCUT2D eigenvalue weighted by molar-refractivity contribution is -0.121. The van der Waals surface area contributed by atoms with Gasteiger partial charge in [-0.05, 0) is 38.0 Å². The molecule has 1 unspecified atom stereocenters. The average Bonchev–Trinajstić information content (AvgIpc) is 2.50. The van der Waals surface area contributed by atoms with Gasteiger partial charge in [-0.2, -0.15) is 0 Å². The molecule has 2 rings (SSSR count). The van der Waals surface area contributed by atoms with Crippen molar-refractivity contribution in [3.63, 3.8) is 0 Å². The first-order valence-electron chi connectivity index (χ1n) is 7.31. The van der Waals surface area contributed by atoms with E-state index in [1.54, 1.807) is 0 Å². The average molecular weight is 331 g/mol. The predicted molar refractivity (Wildman–Crippen MR) is 78.0 cm³/mol. The van der Waals surface area contributed by atoms with Gasteiger partial charge in [0.1, 0.15) is 5.25 Å². The summed E-state index contributed by atoms with van der Waals surface area (Å²) in [4.78, 5) is 11.7. The summed E-state index contributed by atoms with van der Waals surface area (Å²) < 4.78 is 50.8. The maximum absolute atomic E-state index is 13.2. The van der Waals surface area contributed by atoms with Gasteiger partial charge in [0, 0.05) is 6.04 Å². The Morgan fingerprint density at radius 2 is 1.82 bits per heavy atom. The first-order chi connectivity index (χ1) is 10.3. The van der Waals surface area contributed by atoms with Gasteiger partial charge in [-0.3, -0.25) is 4.79 Å². The van der Waals surface area contributed by atoms with Gasteiger partial charge in [-0.25, -0.2) is 17.2 Å². The van der Waals surface area contributed by atoms with Crippen LogP contribution >= 0.6 is 0 Å². The van der Waals surface area contributed by atoms with E-state index in [-0.39, 0.29) is 6.04 Å². The Kier molecular flexibility index (Phi) is 5.16. The van der Waals surface area contributed by atoms with Gasteiger partial charge < -0.3 is 5.32 Å². The van der Waals surface area contributed by atoms with Crippen LogP contribution in [0.25, 0.3) is 0 Å². The molecule has 0 heterocycles. The van der Waals surface area contributed by atoms with Crippen molar-refractivity contribution in [2.24, 2.45) is 0 Å². The molecule has 0 spiro atoms. The zero-order valence-corrected chi connectivity index (χ0v) is 13.1. The maximum Gasteiger partial charge on any atom is 0.238 e. The topological polar surface area (TPSA) is 63.2 Å². The van der Waals surface area contributed by atoms with Gasteiger partial charge in [0.25, 0.3) is 0 Å². The number of sulfone groups is 1. The van der Waals surface area contributed by atoms with Gasteiger partial charge in [0.2, 0.25) is 5.91 Å². The van der Waals surface area contributed by atoms with Crippen molar-refractivity contribution in [3.8, 4) is 0 Å². The number of rotatable bonds is 4. The number of carbonyl (C=O) groups excluding carboxylic acids is 1. The van der Waals surface area contributed by atoms with Crippen LogP contribution in [0.5, 0.6) is 0 Å². The van der Waals surface area contributed by atoms with Crippen LogP contribution in [0, 0.1) is 11.6 Å². The van der Waals surface area contributed by atoms with Gasteiger partial charge in [-0.1, -0.05) is 19.3 Å². The molecule has 7 heteroatoms. The summed E-state index contributed by atoms with van der Waals surface area (Å²) in [5.41, 5.74) is 0. The molecule has 1 aliphatic carbocycles. The standard InChI is InChI=1S/C15H19F2NO3S/c1-10(15(19)18-11-5-3-2-4-6-11)22(20,21)12-7-8-13(16)14(17)9-12/h7-11H,2-6H2,1H3,(H,18,19). The van der Waals surface area contributed by atoms with Crippen molar-refractivity contribution >= 4 is 15.7 Å². The first kappa shape index (κ1) is 16.9. The quantitative estimate of drug-likeness (QED) is 0.863. The van der Waals surface area contributed by atoms with Crippen LogP contribution in [0.3, 0.4) is 0 Å². The summed E-state index contributed by atoms with van der Waals surface area (Å²) >= 11 is 0. The molecular formula is C15H19F2NO3S. The van der Waals surface area contributed by atoms with E-state index in [4.69, 9.17) is 0 Å². The maximum atomic E-state index is 13.2. The molecule has 1 N–H and O–H groups in total. The fraction of sp³-hybridized carbons (Fsp3) is 0.533. The second-order valence-corrected chi connectivity index (χ2v) is 7.88. The minimum atomic E-state index is -4.05. The van der Waals surface area contributed by atoms with E-state index in [9.17, 15) is 22.0 Å². The van der Waals surface area contributed by atoms with Crippen LogP contribution in [0.15, 0.2) is 23.1 Å². The molecule has 0 aromatic heterocycles. The third kappa shape index (κ3) is 3.63. The zero-order valence-electron chi connectivity index (χ0n) is 12.3. The Morgan fingerprint density at radius 3 is 2.41 bits per heavy atom. The van der Waals surface area contributed by atoms with Gasteiger partial charge in [0.05, 0.1) is 4.90 Å². The fourth-order valence-electron chi connectivity index (χ4n) is 2.56. The molecule has 1 saturated carbocycles. The third-order valence-corrected chi connectivity index (χ3v) is 6.06. The summed E-state index contributed by atoms with van der Waals surface area (Å²) in [7, 11) is -4.05. The highest BCUT2D eigenvalue weighted by Gasteiger charge is 2.31. The molecule has 1 aromatic carbocycles. The number of carbonyl (C=O) groups is 1. The number of amides is 1. The first-order valence-corrected chi connectivity index (χ1v) is 8.86. The Balaban J connectivity index is 2.13. The molecule has 0 bridgehead atoms. The fourth-order valence-corrected chi connectivity index (χ4v) is 3.85. The van der Waals surface area contributed by atoms with Crippen molar-refractivity contribution in [2.45, 2.75) is 55.2 Å². The number of benzene rings is 1. The van der Waals surface area contributed by atoms with Crippen LogP contribution in [0.4, 0.5) is 8.78 Å². The van der Waals surface area contributed by atoms with Crippen molar-refractivity contribution in [1.29, 1.82) is 0 Å². The predicted octanol–water partition coefficient (Wildman–Crippen LogP) is 2.58. The summed E-state index contributed by atoms with van der Waals surface area (Å²) in [6.45, 7) is 1.26. The molecule has 1 aromatic rings. The monoisotopic (exact) mass is 331 g/mol. The summed E-state index contributed by atoms with van der Waals surface area (Å²) in [5.74, 6) is -2.98. The number of hydrogen-bond donors (Lipinski definition) is 1. The highest BCUT2D eigenvalue weighted by Crippen LogP contribution is 2.21. The lowest BCUT2D eigenvalue weighted by Crippen LogP contribution is -2.44. The van der Waals surface area contributed by atoms with E-state index in [2.05, 4.69) is 5.32 Å². The molecule has 1 atom stereocenters. The third-order valence-electron chi connectivity index (χ3n) is 4.01. The Morgan fingerprint density at radius 1 is 1.18 bits per heavy atom. The van der Waals surface area contributed by atoms with Crippen molar-refractivity contribution in [2.75, 3.05) is 0 Å². The van der Waals surface area contributed by atoms with Gasteiger partial charge in [0.15, 0.2) is 21.5 Å². The molecule has 1 aliphatic rings. The van der Waals surface area contributed by atoms with E-state index in [0.29, 0.717) is 6.07 Å². The van der Waals surface area contributed by atoms with Crippen molar-refractivity contribution in [1.82, 2.24) is 5.32 Å². The van der Waals surface area contributed by atoms with Crippen molar-refractivity contribution < 1.29 is 22.0 Å². The van der Waals surface area contributed by atoms with E-state index >= 15 is 0 Å². The molecule has 4 nitrogen and oxygen atoms in total. The largest absolute Gasteiger partial charge is 0.352 e. The molecular weight excluding hydrogens is 312 g/mol. The van der Waals surface area contributed by atoms with E-state index in [0.717, 1.165) is 44.2 Å². The number of hydrogen-bond acceptors (Lipinski definition) is 3. The van der Waals surface area contributed by atoms with E-state index in [1.807, 2.05) is 0 Å². The van der Waals surface area contributed by atoms with E-state index in [1.165, 1.54) is 6.92 Å². The van der Waals surface area contributed by atoms with Crippen LogP contribution in [0.1, 0.15) is 39.0 Å². The molecule has 122 valence electrons. The number of halogens is 2. The second kappa shape index (κ2) is 6.73. The molecule has 1 amide bonds. The smallest absolute Gasteiger partial charge is 0.238 e. The normalized spacial score (nSPS) is 18.0. The number of nitrogens with one attached hydrogen (secondary N) is 1. The lowest BCUT2D eigenvalue weighted by atomic mass is 9.95. The highest BCUT2D eigenvalue weighted by molar-refractivity contribution is 7.92. The second-order valence-electron chi connectivity index (χ2n) is 5.61. The van der Waals surface area contributed by atoms with Crippen LogP contribution in [-0.2, 0) is 14.6 Å². The molecule has 0 aliphatic heterocycles. The zero-order chi connectivity index (χ0) is 16.3. The van der Waals surface area contributed by atoms with Crippen LogP contribution in [-0.4, -0.2) is 25.6 Å². The molecule has 0 saturated heterocycles. The summed E-state index contributed by atoms with van der Waals surface area (Å²) in [6.07, 6.45) is 4.81.